The smallest absolute Gasteiger partial charge is 0.358 e. The molecule has 6 heteroatoms. The molecule has 18 heavy (non-hydrogen) atoms. The van der Waals surface area contributed by atoms with Gasteiger partial charge in [0.2, 0.25) is 0 Å². The highest BCUT2D eigenvalue weighted by molar-refractivity contribution is 6.32. The first kappa shape index (κ1) is 12.6. The van der Waals surface area contributed by atoms with Crippen LogP contribution >= 0.6 is 11.6 Å². The quantitative estimate of drug-likeness (QED) is 0.926. The van der Waals surface area contributed by atoms with Crippen LogP contribution in [0.3, 0.4) is 0 Å². The Labute approximate surface area is 109 Å². The van der Waals surface area contributed by atoms with Gasteiger partial charge in [-0.3, -0.25) is 0 Å². The third kappa shape index (κ3) is 2.09. The van der Waals surface area contributed by atoms with E-state index in [1.54, 1.807) is 12.1 Å². The Morgan fingerprint density at radius 2 is 2.22 bits per heavy atom. The summed E-state index contributed by atoms with van der Waals surface area (Å²) in [5.74, 6) is -1.08. The molecule has 2 rings (SSSR count). The molecule has 0 spiro atoms. The lowest BCUT2D eigenvalue weighted by atomic mass is 10.2. The van der Waals surface area contributed by atoms with E-state index in [0.29, 0.717) is 22.8 Å². The number of hydrogen-bond donors (Lipinski definition) is 1. The van der Waals surface area contributed by atoms with E-state index in [-0.39, 0.29) is 5.69 Å². The molecule has 0 amide bonds. The van der Waals surface area contributed by atoms with Gasteiger partial charge in [-0.25, -0.2) is 9.48 Å². The third-order valence-corrected chi connectivity index (χ3v) is 2.93. The standard InChI is InChI=1S/C12H12ClN3O2/c1-3-9-11(12(17)18)14-15-16(9)10-5-4-7(2)6-8(10)13/h4-6H,3H2,1-2H3,(H,17,18). The van der Waals surface area contributed by atoms with E-state index in [9.17, 15) is 4.79 Å². The van der Waals surface area contributed by atoms with Crippen LogP contribution in [-0.2, 0) is 6.42 Å². The first-order valence-corrected chi connectivity index (χ1v) is 5.86. The highest BCUT2D eigenvalue weighted by atomic mass is 35.5. The van der Waals surface area contributed by atoms with Crippen molar-refractivity contribution < 1.29 is 9.90 Å². The summed E-state index contributed by atoms with van der Waals surface area (Å²) in [5.41, 5.74) is 2.17. The molecule has 0 atom stereocenters. The number of halogens is 1. The van der Waals surface area contributed by atoms with Crippen molar-refractivity contribution in [3.05, 3.63) is 40.2 Å². The van der Waals surface area contributed by atoms with E-state index in [4.69, 9.17) is 16.7 Å². The highest BCUT2D eigenvalue weighted by Crippen LogP contribution is 2.23. The molecule has 1 heterocycles. The van der Waals surface area contributed by atoms with E-state index in [2.05, 4.69) is 10.3 Å². The summed E-state index contributed by atoms with van der Waals surface area (Å²) >= 11 is 6.15. The van der Waals surface area contributed by atoms with Crippen LogP contribution in [0.2, 0.25) is 5.02 Å². The van der Waals surface area contributed by atoms with Crippen LogP contribution in [0.15, 0.2) is 18.2 Å². The van der Waals surface area contributed by atoms with Gasteiger partial charge in [0.15, 0.2) is 5.69 Å². The SMILES string of the molecule is CCc1c(C(=O)O)nnn1-c1ccc(C)cc1Cl. The van der Waals surface area contributed by atoms with E-state index in [1.165, 1.54) is 4.68 Å². The van der Waals surface area contributed by atoms with Gasteiger partial charge < -0.3 is 5.11 Å². The number of aromatic carboxylic acids is 1. The molecule has 1 N–H and O–H groups in total. The Bertz CT molecular complexity index is 607. The van der Waals surface area contributed by atoms with Gasteiger partial charge >= 0.3 is 5.97 Å². The minimum absolute atomic E-state index is 0.0332. The number of rotatable bonds is 3. The number of nitrogens with zero attached hydrogens (tertiary/aromatic N) is 3. The van der Waals surface area contributed by atoms with Gasteiger partial charge in [-0.1, -0.05) is 29.8 Å². The second-order valence-corrected chi connectivity index (χ2v) is 4.32. The summed E-state index contributed by atoms with van der Waals surface area (Å²) in [4.78, 5) is 11.0. The summed E-state index contributed by atoms with van der Waals surface area (Å²) in [7, 11) is 0. The van der Waals surface area contributed by atoms with E-state index >= 15 is 0 Å². The largest absolute Gasteiger partial charge is 0.476 e. The summed E-state index contributed by atoms with van der Waals surface area (Å²) in [6, 6.07) is 5.50. The number of aryl methyl sites for hydroxylation is 1. The second kappa shape index (κ2) is 4.78. The van der Waals surface area contributed by atoms with Crippen molar-refractivity contribution in [1.82, 2.24) is 15.0 Å². The Morgan fingerprint density at radius 1 is 1.50 bits per heavy atom. The predicted octanol–water partition coefficient (Wildman–Crippen LogP) is 2.49. The first-order chi connectivity index (χ1) is 8.54. The van der Waals surface area contributed by atoms with Crippen LogP contribution < -0.4 is 0 Å². The average molecular weight is 266 g/mol. The van der Waals surface area contributed by atoms with Gasteiger partial charge in [0.25, 0.3) is 0 Å². The number of benzene rings is 1. The normalized spacial score (nSPS) is 10.6. The molecule has 0 radical (unpaired) electrons. The van der Waals surface area contributed by atoms with Crippen LogP contribution in [0.5, 0.6) is 0 Å². The fraction of sp³-hybridized carbons (Fsp3) is 0.250. The van der Waals surface area contributed by atoms with Gasteiger partial charge in [0, 0.05) is 0 Å². The predicted molar refractivity (Wildman–Crippen MR) is 67.4 cm³/mol. The van der Waals surface area contributed by atoms with Gasteiger partial charge in [-0.05, 0) is 31.0 Å². The van der Waals surface area contributed by atoms with Gasteiger partial charge in [0.1, 0.15) is 0 Å². The second-order valence-electron chi connectivity index (χ2n) is 3.91. The van der Waals surface area contributed by atoms with Crippen molar-refractivity contribution in [3.8, 4) is 5.69 Å². The van der Waals surface area contributed by atoms with Crippen molar-refractivity contribution in [1.29, 1.82) is 0 Å². The number of aromatic nitrogens is 3. The first-order valence-electron chi connectivity index (χ1n) is 5.49. The van der Waals surface area contributed by atoms with Crippen molar-refractivity contribution in [2.45, 2.75) is 20.3 Å². The van der Waals surface area contributed by atoms with E-state index in [1.807, 2.05) is 19.9 Å². The number of carboxylic acids is 1. The summed E-state index contributed by atoms with van der Waals surface area (Å²) in [6.07, 6.45) is 0.513. The Morgan fingerprint density at radius 3 is 2.78 bits per heavy atom. The molecule has 0 fully saturated rings. The maximum absolute atomic E-state index is 11.0. The van der Waals surface area contributed by atoms with Gasteiger partial charge in [-0.2, -0.15) is 0 Å². The number of carboxylic acid groups (broad SMARTS) is 1. The molecular formula is C12H12ClN3O2. The monoisotopic (exact) mass is 265 g/mol. The van der Waals surface area contributed by atoms with E-state index < -0.39 is 5.97 Å². The average Bonchev–Trinajstić information content (AvgIpc) is 2.72. The lowest BCUT2D eigenvalue weighted by Crippen LogP contribution is -2.06. The molecule has 0 aliphatic carbocycles. The lowest BCUT2D eigenvalue weighted by molar-refractivity contribution is 0.0689. The molecule has 1 aromatic carbocycles. The Kier molecular flexibility index (Phi) is 3.34. The summed E-state index contributed by atoms with van der Waals surface area (Å²) < 4.78 is 1.48. The molecule has 2 aromatic rings. The fourth-order valence-electron chi connectivity index (χ4n) is 1.76. The van der Waals surface area contributed by atoms with Crippen LogP contribution in [-0.4, -0.2) is 26.1 Å². The van der Waals surface area contributed by atoms with Gasteiger partial charge in [0.05, 0.1) is 16.4 Å². The summed E-state index contributed by atoms with van der Waals surface area (Å²) in [6.45, 7) is 3.78. The molecule has 0 bridgehead atoms. The minimum atomic E-state index is -1.08. The van der Waals surface area contributed by atoms with Crippen molar-refractivity contribution >= 4 is 17.6 Å². The molecule has 1 aromatic heterocycles. The third-order valence-electron chi connectivity index (χ3n) is 2.63. The van der Waals surface area contributed by atoms with Crippen molar-refractivity contribution in [2.75, 3.05) is 0 Å². The molecule has 0 aliphatic heterocycles. The minimum Gasteiger partial charge on any atom is -0.476 e. The van der Waals surface area contributed by atoms with Gasteiger partial charge in [-0.15, -0.1) is 5.10 Å². The maximum Gasteiger partial charge on any atom is 0.358 e. The topological polar surface area (TPSA) is 68.0 Å². The maximum atomic E-state index is 11.0. The number of carbonyl (C=O) groups is 1. The summed E-state index contributed by atoms with van der Waals surface area (Å²) in [5, 5.41) is 17.1. The molecule has 94 valence electrons. The van der Waals surface area contributed by atoms with Crippen LogP contribution in [0.4, 0.5) is 0 Å². The fourth-order valence-corrected chi connectivity index (χ4v) is 2.08. The van der Waals surface area contributed by atoms with Crippen LogP contribution in [0.1, 0.15) is 28.7 Å². The highest BCUT2D eigenvalue weighted by Gasteiger charge is 2.19. The van der Waals surface area contributed by atoms with Crippen LogP contribution in [0.25, 0.3) is 5.69 Å². The van der Waals surface area contributed by atoms with Crippen molar-refractivity contribution in [3.63, 3.8) is 0 Å². The Balaban J connectivity index is 2.60. The van der Waals surface area contributed by atoms with Crippen LogP contribution in [0, 0.1) is 6.92 Å². The van der Waals surface area contributed by atoms with Crippen molar-refractivity contribution in [2.24, 2.45) is 0 Å². The zero-order valence-corrected chi connectivity index (χ0v) is 10.8. The number of hydrogen-bond acceptors (Lipinski definition) is 3. The lowest BCUT2D eigenvalue weighted by Gasteiger charge is -2.07. The molecule has 0 aliphatic rings. The zero-order valence-electron chi connectivity index (χ0n) is 10.0. The van der Waals surface area contributed by atoms with E-state index in [0.717, 1.165) is 5.56 Å². The molecular weight excluding hydrogens is 254 g/mol. The molecule has 5 nitrogen and oxygen atoms in total. The zero-order chi connectivity index (χ0) is 13.3. The molecule has 0 saturated heterocycles. The molecule has 0 saturated carbocycles. The Hall–Kier alpha value is -1.88. The molecule has 0 unspecified atom stereocenters.